The Kier molecular flexibility index (Phi) is 3.33. The minimum atomic E-state index is 0.0301. The Morgan fingerprint density at radius 1 is 1.17 bits per heavy atom. The lowest BCUT2D eigenvalue weighted by Gasteiger charge is -2.24. The van der Waals surface area contributed by atoms with E-state index in [1.54, 1.807) is 0 Å². The number of hydrogen-bond acceptors (Lipinski definition) is 2. The Hall–Kier alpha value is -1.35. The van der Waals surface area contributed by atoms with Crippen molar-refractivity contribution >= 4 is 5.91 Å². The zero-order chi connectivity index (χ0) is 12.4. The van der Waals surface area contributed by atoms with Crippen LogP contribution >= 0.6 is 0 Å². The van der Waals surface area contributed by atoms with Crippen molar-refractivity contribution in [2.75, 3.05) is 6.54 Å². The number of piperidine rings is 1. The average molecular weight is 244 g/mol. The van der Waals surface area contributed by atoms with Crippen molar-refractivity contribution in [2.45, 2.75) is 44.2 Å². The van der Waals surface area contributed by atoms with Crippen LogP contribution in [0.15, 0.2) is 24.3 Å². The van der Waals surface area contributed by atoms with Gasteiger partial charge in [-0.15, -0.1) is 0 Å². The maximum atomic E-state index is 12.1. The molecule has 2 N–H and O–H groups in total. The smallest absolute Gasteiger partial charge is 0.237 e. The summed E-state index contributed by atoms with van der Waals surface area (Å²) >= 11 is 0. The van der Waals surface area contributed by atoms with Crippen molar-refractivity contribution in [2.24, 2.45) is 0 Å². The van der Waals surface area contributed by atoms with Crippen LogP contribution in [0.5, 0.6) is 0 Å². The van der Waals surface area contributed by atoms with Gasteiger partial charge in [0.25, 0.3) is 0 Å². The van der Waals surface area contributed by atoms with Gasteiger partial charge in [0.2, 0.25) is 5.91 Å². The van der Waals surface area contributed by atoms with Gasteiger partial charge in [-0.25, -0.2) is 0 Å². The summed E-state index contributed by atoms with van der Waals surface area (Å²) < 4.78 is 0. The van der Waals surface area contributed by atoms with Crippen LogP contribution in [0.4, 0.5) is 0 Å². The van der Waals surface area contributed by atoms with E-state index in [-0.39, 0.29) is 11.9 Å². The maximum Gasteiger partial charge on any atom is 0.237 e. The highest BCUT2D eigenvalue weighted by atomic mass is 16.2. The molecule has 1 aliphatic carbocycles. The molecule has 1 amide bonds. The van der Waals surface area contributed by atoms with Gasteiger partial charge in [0, 0.05) is 6.04 Å². The number of nitrogens with one attached hydrogen (secondary N) is 2. The Morgan fingerprint density at radius 3 is 2.50 bits per heavy atom. The fraction of sp³-hybridized carbons (Fsp3) is 0.533. The summed E-state index contributed by atoms with van der Waals surface area (Å²) in [6, 6.07) is 8.80. The predicted octanol–water partition coefficient (Wildman–Crippen LogP) is 1.41. The molecule has 1 heterocycles. The summed E-state index contributed by atoms with van der Waals surface area (Å²) in [5.74, 6) is 0.188. The third-order valence-corrected chi connectivity index (χ3v) is 4.02. The topological polar surface area (TPSA) is 41.1 Å². The first-order valence-corrected chi connectivity index (χ1v) is 6.93. The molecule has 2 aliphatic rings. The van der Waals surface area contributed by atoms with Crippen LogP contribution in [-0.2, 0) is 17.6 Å². The predicted molar refractivity (Wildman–Crippen MR) is 71.4 cm³/mol. The molecule has 1 saturated heterocycles. The summed E-state index contributed by atoms with van der Waals surface area (Å²) in [6.45, 7) is 0.975. The minimum Gasteiger partial charge on any atom is -0.351 e. The van der Waals surface area contributed by atoms with Crippen LogP contribution in [-0.4, -0.2) is 24.5 Å². The molecule has 1 aromatic rings. The highest BCUT2D eigenvalue weighted by Crippen LogP contribution is 2.21. The summed E-state index contributed by atoms with van der Waals surface area (Å²) in [5.41, 5.74) is 2.78. The van der Waals surface area contributed by atoms with Gasteiger partial charge in [0.15, 0.2) is 0 Å². The van der Waals surface area contributed by atoms with Crippen LogP contribution in [0.1, 0.15) is 30.4 Å². The van der Waals surface area contributed by atoms with Crippen LogP contribution in [0.2, 0.25) is 0 Å². The zero-order valence-corrected chi connectivity index (χ0v) is 10.6. The van der Waals surface area contributed by atoms with Crippen molar-refractivity contribution in [3.8, 4) is 0 Å². The number of amides is 1. The Labute approximate surface area is 108 Å². The van der Waals surface area contributed by atoms with E-state index in [0.29, 0.717) is 6.04 Å². The molecule has 96 valence electrons. The van der Waals surface area contributed by atoms with Gasteiger partial charge in [0.1, 0.15) is 0 Å². The van der Waals surface area contributed by atoms with Gasteiger partial charge in [-0.05, 0) is 43.4 Å². The highest BCUT2D eigenvalue weighted by Gasteiger charge is 2.26. The van der Waals surface area contributed by atoms with Crippen molar-refractivity contribution in [1.82, 2.24) is 10.6 Å². The van der Waals surface area contributed by atoms with Gasteiger partial charge < -0.3 is 10.6 Å². The summed E-state index contributed by atoms with van der Waals surface area (Å²) in [7, 11) is 0. The second-order valence-corrected chi connectivity index (χ2v) is 5.38. The summed E-state index contributed by atoms with van der Waals surface area (Å²) in [5, 5.41) is 6.50. The fourth-order valence-corrected chi connectivity index (χ4v) is 3.04. The standard InChI is InChI=1S/C15H20N2O/c18-15(14-7-3-4-8-16-14)17-13-9-11-5-1-2-6-12(11)10-13/h1-2,5-6,13-14,16H,3-4,7-10H2,(H,17,18)/t14-/m1/s1. The molecule has 0 spiro atoms. The van der Waals surface area contributed by atoms with Crippen molar-refractivity contribution in [3.05, 3.63) is 35.4 Å². The first-order chi connectivity index (χ1) is 8.83. The molecule has 3 rings (SSSR count). The van der Waals surface area contributed by atoms with Crippen molar-refractivity contribution < 1.29 is 4.79 Å². The highest BCUT2D eigenvalue weighted by molar-refractivity contribution is 5.82. The fourth-order valence-electron chi connectivity index (χ4n) is 3.04. The van der Waals surface area contributed by atoms with E-state index in [2.05, 4.69) is 34.9 Å². The van der Waals surface area contributed by atoms with E-state index in [9.17, 15) is 4.79 Å². The van der Waals surface area contributed by atoms with Gasteiger partial charge in [-0.3, -0.25) is 4.79 Å². The molecule has 3 nitrogen and oxygen atoms in total. The molecule has 0 unspecified atom stereocenters. The molecule has 0 bridgehead atoms. The SMILES string of the molecule is O=C(NC1Cc2ccccc2C1)[C@H]1CCCCN1. The van der Waals surface area contributed by atoms with E-state index >= 15 is 0 Å². The first-order valence-electron chi connectivity index (χ1n) is 6.93. The van der Waals surface area contributed by atoms with E-state index in [0.717, 1.165) is 32.2 Å². The lowest BCUT2D eigenvalue weighted by atomic mass is 10.0. The van der Waals surface area contributed by atoms with Gasteiger partial charge in [0.05, 0.1) is 6.04 Å². The second kappa shape index (κ2) is 5.11. The van der Waals surface area contributed by atoms with Crippen LogP contribution in [0.25, 0.3) is 0 Å². The summed E-state index contributed by atoms with van der Waals surface area (Å²) in [6.07, 6.45) is 5.30. The molecule has 0 saturated carbocycles. The van der Waals surface area contributed by atoms with E-state index in [1.165, 1.54) is 17.5 Å². The molecule has 1 atom stereocenters. The van der Waals surface area contributed by atoms with Gasteiger partial charge in [-0.2, -0.15) is 0 Å². The van der Waals surface area contributed by atoms with Crippen LogP contribution in [0.3, 0.4) is 0 Å². The largest absolute Gasteiger partial charge is 0.351 e. The van der Waals surface area contributed by atoms with E-state index < -0.39 is 0 Å². The number of fused-ring (bicyclic) bond motifs is 1. The molecule has 0 aromatic heterocycles. The molecular weight excluding hydrogens is 224 g/mol. The summed E-state index contributed by atoms with van der Waals surface area (Å²) in [4.78, 5) is 12.1. The first kappa shape index (κ1) is 11.7. The van der Waals surface area contributed by atoms with Crippen LogP contribution < -0.4 is 10.6 Å². The van der Waals surface area contributed by atoms with Gasteiger partial charge in [-0.1, -0.05) is 30.7 Å². The molecule has 1 aliphatic heterocycles. The molecular formula is C15H20N2O. The average Bonchev–Trinajstić information content (AvgIpc) is 2.82. The quantitative estimate of drug-likeness (QED) is 0.826. The zero-order valence-electron chi connectivity index (χ0n) is 10.6. The molecule has 1 aromatic carbocycles. The third kappa shape index (κ3) is 2.41. The molecule has 0 radical (unpaired) electrons. The van der Waals surface area contributed by atoms with Crippen molar-refractivity contribution in [3.63, 3.8) is 0 Å². The number of hydrogen-bond donors (Lipinski definition) is 2. The molecule has 3 heteroatoms. The van der Waals surface area contributed by atoms with Crippen LogP contribution in [0, 0.1) is 0 Å². The minimum absolute atomic E-state index is 0.0301. The van der Waals surface area contributed by atoms with Gasteiger partial charge >= 0.3 is 0 Å². The lowest BCUT2D eigenvalue weighted by Crippen LogP contribution is -2.49. The van der Waals surface area contributed by atoms with Crippen molar-refractivity contribution in [1.29, 1.82) is 0 Å². The van der Waals surface area contributed by atoms with E-state index in [1.807, 2.05) is 0 Å². The lowest BCUT2D eigenvalue weighted by molar-refractivity contribution is -0.124. The Balaban J connectivity index is 1.57. The third-order valence-electron chi connectivity index (χ3n) is 4.02. The number of carbonyl (C=O) groups is 1. The maximum absolute atomic E-state index is 12.1. The number of benzene rings is 1. The Bertz CT molecular complexity index is 413. The number of carbonyl (C=O) groups excluding carboxylic acids is 1. The molecule has 1 fully saturated rings. The number of rotatable bonds is 2. The van der Waals surface area contributed by atoms with E-state index in [4.69, 9.17) is 0 Å². The monoisotopic (exact) mass is 244 g/mol. The molecule has 18 heavy (non-hydrogen) atoms. The Morgan fingerprint density at radius 2 is 1.89 bits per heavy atom. The normalized spacial score (nSPS) is 23.7. The second-order valence-electron chi connectivity index (χ2n) is 5.38.